The average Bonchev–Trinajstić information content (AvgIpc) is 4.04. The highest BCUT2D eigenvalue weighted by molar-refractivity contribution is 6.24. The third kappa shape index (κ3) is 4.87. The zero-order valence-corrected chi connectivity index (χ0v) is 29.8. The van der Waals surface area contributed by atoms with Crippen LogP contribution in [0.4, 0.5) is 0 Å². The van der Waals surface area contributed by atoms with Crippen LogP contribution in [0.3, 0.4) is 0 Å². The van der Waals surface area contributed by atoms with Crippen molar-refractivity contribution in [2.75, 3.05) is 0 Å². The van der Waals surface area contributed by atoms with E-state index in [-0.39, 0.29) is 73.8 Å². The second-order valence-electron chi connectivity index (χ2n) is 13.7. The molecule has 12 aromatic rings. The van der Waals surface area contributed by atoms with Gasteiger partial charge in [-0.1, -0.05) is 133 Å². The highest BCUT2D eigenvalue weighted by Gasteiger charge is 2.22. The van der Waals surface area contributed by atoms with Crippen molar-refractivity contribution in [3.8, 4) is 45.5 Å². The average molecular weight is 740 g/mol. The molecule has 6 nitrogen and oxygen atoms in total. The first-order valence-corrected chi connectivity index (χ1v) is 18.3. The fourth-order valence-corrected chi connectivity index (χ4v) is 7.88. The van der Waals surface area contributed by atoms with Gasteiger partial charge in [-0.25, -0.2) is 15.0 Å². The first-order chi connectivity index (χ1) is 32.4. The van der Waals surface area contributed by atoms with Crippen LogP contribution in [-0.2, 0) is 0 Å². The lowest BCUT2D eigenvalue weighted by atomic mass is 10.1. The molecule has 0 aliphatic carbocycles. The molecule has 0 bridgehead atoms. The number of para-hydroxylation sites is 3. The van der Waals surface area contributed by atoms with E-state index >= 15 is 0 Å². The zero-order chi connectivity index (χ0) is 46.2. The second-order valence-corrected chi connectivity index (χ2v) is 13.7. The number of hydrogen-bond acceptors (Lipinski definition) is 4. The molecule has 0 unspecified atom stereocenters. The van der Waals surface area contributed by atoms with Crippen molar-refractivity contribution in [2.24, 2.45) is 0 Å². The molecular formula is C51H31N5O. The zero-order valence-electron chi connectivity index (χ0n) is 39.8. The summed E-state index contributed by atoms with van der Waals surface area (Å²) in [5, 5.41) is 1.61. The summed E-state index contributed by atoms with van der Waals surface area (Å²) in [7, 11) is 0. The van der Waals surface area contributed by atoms with Gasteiger partial charge in [0.2, 0.25) is 0 Å². The lowest BCUT2D eigenvalue weighted by molar-refractivity contribution is 0.669. The number of fused-ring (bicyclic) bond motifs is 10. The van der Waals surface area contributed by atoms with Gasteiger partial charge in [-0.3, -0.25) is 0 Å². The van der Waals surface area contributed by atoms with E-state index in [0.717, 1.165) is 16.5 Å². The summed E-state index contributed by atoms with van der Waals surface area (Å²) in [6, 6.07) is 35.1. The highest BCUT2D eigenvalue weighted by Crippen LogP contribution is 2.42. The SMILES string of the molecule is [2H]c1c([2H])c([2H])c2c(c1[2H])c1c([2H])c([2H])c3c4c([2H])c([2H])c([2H])c([2H])c4n(-c4ccc5oc6cc(-c7nc(-c8ccccc8)nc(-c8ccccc8)n7)ccc6c5c4)c3c1n2-c1ccccc1. The standard InChI is InChI=1S/C51H31N5O/c1-4-14-32(15-5-1)49-52-50(33-16-6-2-7-17-33)54-51(53-49)34-24-26-39-42-31-36(25-29-45(42)57-46(39)30-34)56-44-23-13-11-21-38(44)41-28-27-40-37-20-10-12-22-43(37)55(47(40)48(41)56)35-18-8-3-9-19-35/h1-31H/i10D,11D,12D,13D,20D,21D,22D,23D,27D,28D. The fraction of sp³-hybridized carbons (Fsp3) is 0. The van der Waals surface area contributed by atoms with Gasteiger partial charge in [0, 0.05) is 60.4 Å². The summed E-state index contributed by atoms with van der Waals surface area (Å²) >= 11 is 0. The van der Waals surface area contributed by atoms with Crippen LogP contribution in [0.15, 0.2) is 192 Å². The van der Waals surface area contributed by atoms with Gasteiger partial charge in [0.1, 0.15) is 11.2 Å². The second kappa shape index (κ2) is 12.3. The molecule has 0 fully saturated rings. The summed E-state index contributed by atoms with van der Waals surface area (Å²) in [4.78, 5) is 14.6. The van der Waals surface area contributed by atoms with Gasteiger partial charge in [0.05, 0.1) is 35.8 Å². The fourth-order valence-electron chi connectivity index (χ4n) is 7.88. The Morgan fingerprint density at radius 1 is 0.386 bits per heavy atom. The molecule has 4 heterocycles. The van der Waals surface area contributed by atoms with Crippen molar-refractivity contribution in [3.05, 3.63) is 188 Å². The molecule has 12 rings (SSSR count). The maximum absolute atomic E-state index is 9.57. The molecule has 0 amide bonds. The van der Waals surface area contributed by atoms with Gasteiger partial charge in [-0.05, 0) is 54.5 Å². The molecule has 0 N–H and O–H groups in total. The number of rotatable bonds is 5. The van der Waals surface area contributed by atoms with Crippen molar-refractivity contribution in [2.45, 2.75) is 0 Å². The van der Waals surface area contributed by atoms with E-state index in [2.05, 4.69) is 0 Å². The first-order valence-electron chi connectivity index (χ1n) is 23.3. The van der Waals surface area contributed by atoms with Crippen molar-refractivity contribution in [1.29, 1.82) is 0 Å². The van der Waals surface area contributed by atoms with Gasteiger partial charge < -0.3 is 13.6 Å². The van der Waals surface area contributed by atoms with Gasteiger partial charge in [-0.2, -0.15) is 0 Å². The molecule has 8 aromatic carbocycles. The van der Waals surface area contributed by atoms with E-state index in [1.807, 2.05) is 91.0 Å². The smallest absolute Gasteiger partial charge is 0.164 e. The van der Waals surface area contributed by atoms with E-state index in [1.165, 1.54) is 0 Å². The molecule has 0 atom stereocenters. The van der Waals surface area contributed by atoms with Crippen LogP contribution in [0.25, 0.3) is 111 Å². The van der Waals surface area contributed by atoms with Crippen LogP contribution in [0.1, 0.15) is 13.7 Å². The molecule has 4 aromatic heterocycles. The Hall–Kier alpha value is -7.83. The maximum Gasteiger partial charge on any atom is 0.164 e. The maximum atomic E-state index is 9.57. The van der Waals surface area contributed by atoms with Crippen LogP contribution in [0.2, 0.25) is 0 Å². The number of hydrogen-bond donors (Lipinski definition) is 0. The predicted octanol–water partition coefficient (Wildman–Crippen LogP) is 13.0. The number of aromatic nitrogens is 5. The molecule has 0 spiro atoms. The quantitative estimate of drug-likeness (QED) is 0.176. The molecule has 266 valence electrons. The largest absolute Gasteiger partial charge is 0.456 e. The monoisotopic (exact) mass is 739 g/mol. The van der Waals surface area contributed by atoms with E-state index in [4.69, 9.17) is 26.2 Å². The van der Waals surface area contributed by atoms with Gasteiger partial charge in [0.25, 0.3) is 0 Å². The van der Waals surface area contributed by atoms with Crippen molar-refractivity contribution >= 4 is 65.6 Å². The highest BCUT2D eigenvalue weighted by atomic mass is 16.3. The topological polar surface area (TPSA) is 61.7 Å². The van der Waals surface area contributed by atoms with Crippen molar-refractivity contribution < 1.29 is 18.1 Å². The summed E-state index contributed by atoms with van der Waals surface area (Å²) in [5.41, 5.74) is 4.92. The summed E-state index contributed by atoms with van der Waals surface area (Å²) in [5.74, 6) is 1.46. The van der Waals surface area contributed by atoms with Gasteiger partial charge in [-0.15, -0.1) is 0 Å². The van der Waals surface area contributed by atoms with Crippen LogP contribution in [-0.4, -0.2) is 24.1 Å². The Morgan fingerprint density at radius 2 is 0.912 bits per heavy atom. The minimum atomic E-state index is -0.511. The Balaban J connectivity index is 1.17. The molecule has 6 heteroatoms. The van der Waals surface area contributed by atoms with Crippen LogP contribution < -0.4 is 0 Å². The predicted molar refractivity (Wildman–Crippen MR) is 232 cm³/mol. The molecule has 0 saturated carbocycles. The summed E-state index contributed by atoms with van der Waals surface area (Å²) in [6.45, 7) is 0. The number of benzene rings is 8. The third-order valence-corrected chi connectivity index (χ3v) is 10.4. The van der Waals surface area contributed by atoms with E-state index < -0.39 is 30.2 Å². The Labute approximate surface area is 340 Å². The Morgan fingerprint density at radius 3 is 1.51 bits per heavy atom. The lowest BCUT2D eigenvalue weighted by Gasteiger charge is -2.12. The molecular weight excluding hydrogens is 699 g/mol. The lowest BCUT2D eigenvalue weighted by Crippen LogP contribution is -2.00. The molecule has 0 aliphatic heterocycles. The van der Waals surface area contributed by atoms with Gasteiger partial charge in [0.15, 0.2) is 17.5 Å². The summed E-state index contributed by atoms with van der Waals surface area (Å²) in [6.07, 6.45) is 0. The number of furan rings is 1. The van der Waals surface area contributed by atoms with Crippen LogP contribution in [0.5, 0.6) is 0 Å². The molecule has 0 aliphatic rings. The van der Waals surface area contributed by atoms with Crippen molar-refractivity contribution in [1.82, 2.24) is 24.1 Å². The Kier molecular flexibility index (Phi) is 5.02. The minimum absolute atomic E-state index is 0.0229. The molecule has 0 saturated heterocycles. The molecule has 57 heavy (non-hydrogen) atoms. The normalized spacial score (nSPS) is 14.3. The van der Waals surface area contributed by atoms with E-state index in [0.29, 0.717) is 51.0 Å². The summed E-state index contributed by atoms with van der Waals surface area (Å²) < 4.78 is 101. The minimum Gasteiger partial charge on any atom is -0.456 e. The van der Waals surface area contributed by atoms with Crippen LogP contribution in [0, 0.1) is 0 Å². The van der Waals surface area contributed by atoms with Crippen LogP contribution >= 0.6 is 0 Å². The van der Waals surface area contributed by atoms with Crippen molar-refractivity contribution in [3.63, 3.8) is 0 Å². The molecule has 0 radical (unpaired) electrons. The van der Waals surface area contributed by atoms with E-state index in [9.17, 15) is 6.85 Å². The van der Waals surface area contributed by atoms with E-state index in [1.54, 1.807) is 45.5 Å². The third-order valence-electron chi connectivity index (χ3n) is 10.4. The van der Waals surface area contributed by atoms with Gasteiger partial charge >= 0.3 is 0 Å². The Bertz CT molecular complexity index is 4040. The first kappa shape index (κ1) is 23.2. The number of nitrogens with zero attached hydrogens (tertiary/aromatic N) is 5.